The van der Waals surface area contributed by atoms with Gasteiger partial charge in [-0.15, -0.1) is 11.8 Å². The van der Waals surface area contributed by atoms with E-state index in [0.717, 1.165) is 53.9 Å². The number of thioether (sulfide) groups is 1. The van der Waals surface area contributed by atoms with Crippen LogP contribution in [0.15, 0.2) is 23.1 Å². The van der Waals surface area contributed by atoms with E-state index in [-0.39, 0.29) is 24.6 Å². The van der Waals surface area contributed by atoms with Gasteiger partial charge in [0.1, 0.15) is 19.0 Å². The van der Waals surface area contributed by atoms with Crippen molar-refractivity contribution in [3.8, 4) is 5.75 Å². The van der Waals surface area contributed by atoms with Gasteiger partial charge in [0.2, 0.25) is 0 Å². The van der Waals surface area contributed by atoms with Crippen LogP contribution < -0.4 is 4.74 Å². The fraction of sp³-hybridized carbons (Fsp3) is 0.667. The van der Waals surface area contributed by atoms with Crippen molar-refractivity contribution in [3.63, 3.8) is 0 Å². The molecule has 0 aliphatic rings. The molecule has 0 aliphatic heterocycles. The average Bonchev–Trinajstić information content (AvgIpc) is 2.63. The Bertz CT molecular complexity index is 740. The molecule has 0 aromatic heterocycles. The lowest BCUT2D eigenvalue weighted by Gasteiger charge is -2.32. The van der Waals surface area contributed by atoms with Gasteiger partial charge in [-0.05, 0) is 43.5 Å². The van der Waals surface area contributed by atoms with Crippen LogP contribution in [0.25, 0.3) is 0 Å². The molecule has 0 bridgehead atoms. The van der Waals surface area contributed by atoms with Crippen LogP contribution in [0.5, 0.6) is 5.75 Å². The molecule has 0 unspecified atom stereocenters. The van der Waals surface area contributed by atoms with E-state index in [1.54, 1.807) is 11.8 Å². The Morgan fingerprint density at radius 3 is 2.31 bits per heavy atom. The minimum Gasteiger partial charge on any atom is -0.490 e. The number of benzene rings is 1. The van der Waals surface area contributed by atoms with Crippen molar-refractivity contribution in [2.45, 2.75) is 58.3 Å². The fourth-order valence-electron chi connectivity index (χ4n) is 3.20. The van der Waals surface area contributed by atoms with Crippen molar-refractivity contribution in [1.29, 1.82) is 0 Å². The summed E-state index contributed by atoms with van der Waals surface area (Å²) in [4.78, 5) is 11.9. The minimum absolute atomic E-state index is 0.176. The van der Waals surface area contributed by atoms with Gasteiger partial charge in [-0.25, -0.2) is 0 Å². The molecule has 0 aliphatic carbocycles. The van der Waals surface area contributed by atoms with Crippen LogP contribution in [-0.2, 0) is 23.8 Å². The number of esters is 1. The molecule has 0 amide bonds. The Kier molecular flexibility index (Phi) is 11.1. The first-order chi connectivity index (χ1) is 13.6. The SMILES string of the molecule is CCCC(CCC)(COS(C)(=O)=O)CSc1ccc(OCCOC(C)=O)c(C)c1. The highest BCUT2D eigenvalue weighted by Gasteiger charge is 2.30. The predicted octanol–water partition coefficient (Wildman–Crippen LogP) is 4.59. The molecule has 166 valence electrons. The molecule has 6 nitrogen and oxygen atoms in total. The molecule has 1 aromatic rings. The summed E-state index contributed by atoms with van der Waals surface area (Å²) >= 11 is 1.71. The highest BCUT2D eigenvalue weighted by molar-refractivity contribution is 7.99. The maximum Gasteiger partial charge on any atom is 0.302 e. The summed E-state index contributed by atoms with van der Waals surface area (Å²) in [6.07, 6.45) is 4.88. The smallest absolute Gasteiger partial charge is 0.302 e. The van der Waals surface area contributed by atoms with Gasteiger partial charge in [-0.1, -0.05) is 26.7 Å². The summed E-state index contributed by atoms with van der Waals surface area (Å²) in [5.74, 6) is 1.23. The molecular weight excluding hydrogens is 412 g/mol. The van der Waals surface area contributed by atoms with E-state index >= 15 is 0 Å². The number of ether oxygens (including phenoxy) is 2. The van der Waals surface area contributed by atoms with Crippen molar-refractivity contribution in [3.05, 3.63) is 23.8 Å². The van der Waals surface area contributed by atoms with Crippen molar-refractivity contribution < 1.29 is 26.9 Å². The monoisotopic (exact) mass is 446 g/mol. The van der Waals surface area contributed by atoms with E-state index in [2.05, 4.69) is 19.9 Å². The molecule has 1 rings (SSSR count). The number of hydrogen-bond donors (Lipinski definition) is 0. The summed E-state index contributed by atoms with van der Waals surface area (Å²) in [5, 5.41) is 0. The second-order valence-electron chi connectivity index (χ2n) is 7.37. The number of carbonyl (C=O) groups is 1. The molecule has 1 aromatic carbocycles. The van der Waals surface area contributed by atoms with Crippen LogP contribution in [0.4, 0.5) is 0 Å². The normalized spacial score (nSPS) is 12.0. The van der Waals surface area contributed by atoms with E-state index in [1.807, 2.05) is 19.1 Å². The molecule has 0 fully saturated rings. The maximum absolute atomic E-state index is 11.5. The van der Waals surface area contributed by atoms with Gasteiger partial charge in [-0.2, -0.15) is 8.42 Å². The molecule has 0 atom stereocenters. The number of aryl methyl sites for hydroxylation is 1. The van der Waals surface area contributed by atoms with Crippen molar-refractivity contribution in [2.24, 2.45) is 5.41 Å². The van der Waals surface area contributed by atoms with Gasteiger partial charge in [-0.3, -0.25) is 8.98 Å². The van der Waals surface area contributed by atoms with Crippen LogP contribution in [0.1, 0.15) is 52.0 Å². The second-order valence-corrected chi connectivity index (χ2v) is 10.1. The summed E-state index contributed by atoms with van der Waals surface area (Å²) in [6, 6.07) is 5.98. The van der Waals surface area contributed by atoms with Crippen molar-refractivity contribution in [2.75, 3.05) is 31.8 Å². The molecule has 0 saturated carbocycles. The van der Waals surface area contributed by atoms with Crippen molar-refractivity contribution >= 4 is 27.8 Å². The van der Waals surface area contributed by atoms with Crippen LogP contribution >= 0.6 is 11.8 Å². The lowest BCUT2D eigenvalue weighted by molar-refractivity contribution is -0.141. The number of hydrogen-bond acceptors (Lipinski definition) is 7. The number of rotatable bonds is 14. The minimum atomic E-state index is -3.46. The fourth-order valence-corrected chi connectivity index (χ4v) is 4.93. The third kappa shape index (κ3) is 10.4. The topological polar surface area (TPSA) is 78.9 Å². The summed E-state index contributed by atoms with van der Waals surface area (Å²) in [6.45, 7) is 8.33. The highest BCUT2D eigenvalue weighted by Crippen LogP contribution is 2.38. The van der Waals surface area contributed by atoms with E-state index in [4.69, 9.17) is 13.7 Å². The van der Waals surface area contributed by atoms with Crippen LogP contribution in [0.3, 0.4) is 0 Å². The molecule has 0 N–H and O–H groups in total. The molecule has 0 spiro atoms. The Morgan fingerprint density at radius 2 is 1.79 bits per heavy atom. The molecule has 0 radical (unpaired) electrons. The van der Waals surface area contributed by atoms with Gasteiger partial charge in [0, 0.05) is 23.0 Å². The van der Waals surface area contributed by atoms with E-state index < -0.39 is 10.1 Å². The standard InChI is InChI=1S/C21H34O6S2/c1-6-10-21(11-7-2,15-27-29(5,23)24)16-28-19-8-9-20(17(3)14-19)26-13-12-25-18(4)22/h8-9,14H,6-7,10-13,15-16H2,1-5H3. The predicted molar refractivity (Wildman–Crippen MR) is 117 cm³/mol. The van der Waals surface area contributed by atoms with E-state index in [9.17, 15) is 13.2 Å². The first-order valence-electron chi connectivity index (χ1n) is 9.95. The maximum atomic E-state index is 11.5. The third-order valence-electron chi connectivity index (χ3n) is 4.48. The highest BCUT2D eigenvalue weighted by atomic mass is 32.2. The first-order valence-corrected chi connectivity index (χ1v) is 12.7. The van der Waals surface area contributed by atoms with Crippen LogP contribution in [0, 0.1) is 12.3 Å². The summed E-state index contributed by atoms with van der Waals surface area (Å²) in [5.41, 5.74) is 0.825. The van der Waals surface area contributed by atoms with E-state index in [1.165, 1.54) is 6.92 Å². The second kappa shape index (κ2) is 12.4. The van der Waals surface area contributed by atoms with Crippen LogP contribution in [-0.4, -0.2) is 46.2 Å². The van der Waals surface area contributed by atoms with Crippen LogP contribution in [0.2, 0.25) is 0 Å². The Labute approximate surface area is 179 Å². The summed E-state index contributed by atoms with van der Waals surface area (Å²) in [7, 11) is -3.46. The Morgan fingerprint density at radius 1 is 1.14 bits per heavy atom. The van der Waals surface area contributed by atoms with Gasteiger partial charge in [0.25, 0.3) is 10.1 Å². The Balaban J connectivity index is 2.77. The zero-order chi connectivity index (χ0) is 21.9. The molecule has 0 heterocycles. The van der Waals surface area contributed by atoms with Gasteiger partial charge in [0.05, 0.1) is 12.9 Å². The summed E-state index contributed by atoms with van der Waals surface area (Å²) < 4.78 is 38.8. The van der Waals surface area contributed by atoms with Crippen molar-refractivity contribution in [1.82, 2.24) is 0 Å². The lowest BCUT2D eigenvalue weighted by atomic mass is 9.82. The first kappa shape index (κ1) is 25.8. The largest absolute Gasteiger partial charge is 0.490 e. The third-order valence-corrected chi connectivity index (χ3v) is 6.37. The quantitative estimate of drug-likeness (QED) is 0.179. The van der Waals surface area contributed by atoms with Gasteiger partial charge >= 0.3 is 5.97 Å². The molecular formula is C21H34O6S2. The zero-order valence-corrected chi connectivity index (χ0v) is 19.8. The average molecular weight is 447 g/mol. The zero-order valence-electron chi connectivity index (χ0n) is 18.2. The molecule has 29 heavy (non-hydrogen) atoms. The molecule has 8 heteroatoms. The van der Waals surface area contributed by atoms with Gasteiger partial charge in [0.15, 0.2) is 0 Å². The number of carbonyl (C=O) groups excluding carboxylic acids is 1. The van der Waals surface area contributed by atoms with E-state index in [0.29, 0.717) is 6.61 Å². The lowest BCUT2D eigenvalue weighted by Crippen LogP contribution is -2.31. The molecule has 0 saturated heterocycles. The van der Waals surface area contributed by atoms with Gasteiger partial charge < -0.3 is 9.47 Å². The Hall–Kier alpha value is -1.25.